The van der Waals surface area contributed by atoms with Gasteiger partial charge in [-0.05, 0) is 142 Å². The van der Waals surface area contributed by atoms with Gasteiger partial charge in [0.25, 0.3) is 0 Å². The minimum atomic E-state index is -1.84. The number of nitrogens with one attached hydrogen (secondary N) is 1. The molecule has 0 saturated heterocycles. The van der Waals surface area contributed by atoms with Gasteiger partial charge < -0.3 is 45.5 Å². The Morgan fingerprint density at radius 2 is 1.76 bits per heavy atom. The number of aliphatic hydroxyl groups is 6. The molecule has 62 heavy (non-hydrogen) atoms. The van der Waals surface area contributed by atoms with Crippen molar-refractivity contribution in [1.29, 1.82) is 0 Å². The number of carbonyl (C=O) groups excluding carboxylic acids is 2. The fraction of sp³-hybridized carbons (Fsp3) is 0.731. The predicted molar refractivity (Wildman–Crippen MR) is 229 cm³/mol. The zero-order valence-corrected chi connectivity index (χ0v) is 36.3. The van der Waals surface area contributed by atoms with Crippen molar-refractivity contribution in [2.24, 2.45) is 69.5 Å². The molecule has 7 fully saturated rings. The number of hydrogen-bond acceptors (Lipinski definition) is 10. The molecule has 7 N–H and O–H groups in total. The third kappa shape index (κ3) is 5.08. The van der Waals surface area contributed by atoms with Gasteiger partial charge in [-0.15, -0.1) is 0 Å². The predicted octanol–water partition coefficient (Wildman–Crippen LogP) is 4.68. The van der Waals surface area contributed by atoms with E-state index in [-0.39, 0.29) is 62.2 Å². The molecule has 0 aromatic heterocycles. The van der Waals surface area contributed by atoms with Crippen LogP contribution in [0, 0.1) is 81.3 Å². The van der Waals surface area contributed by atoms with E-state index in [2.05, 4.69) is 29.3 Å². The van der Waals surface area contributed by atoms with Crippen LogP contribution in [0.1, 0.15) is 119 Å². The third-order valence-electron chi connectivity index (χ3n) is 20.8. The first kappa shape index (κ1) is 41.8. The molecule has 17 unspecified atom stereocenters. The monoisotopic (exact) mass is 849 g/mol. The van der Waals surface area contributed by atoms with E-state index in [1.807, 2.05) is 25.2 Å². The van der Waals surface area contributed by atoms with Gasteiger partial charge in [0, 0.05) is 52.7 Å². The molecule has 7 saturated carbocycles. The highest BCUT2D eigenvalue weighted by Gasteiger charge is 2.86. The lowest BCUT2D eigenvalue weighted by molar-refractivity contribution is -0.348. The first-order valence-electron chi connectivity index (χ1n) is 24.3. The van der Waals surface area contributed by atoms with Gasteiger partial charge in [0.1, 0.15) is 18.0 Å². The molecule has 4 bridgehead atoms. The fourth-order valence-corrected chi connectivity index (χ4v) is 18.5. The maximum atomic E-state index is 14.4. The maximum absolute atomic E-state index is 14.4. The van der Waals surface area contributed by atoms with Crippen molar-refractivity contribution in [3.8, 4) is 11.8 Å². The lowest BCUT2D eigenvalue weighted by Gasteiger charge is -2.72. The minimum absolute atomic E-state index is 0.0905. The Labute approximate surface area is 366 Å². The van der Waals surface area contributed by atoms with Crippen molar-refractivity contribution in [2.75, 3.05) is 13.7 Å². The molecule has 17 atom stereocenters. The highest BCUT2D eigenvalue weighted by Crippen LogP contribution is 2.81. The van der Waals surface area contributed by atoms with Crippen LogP contribution in [-0.2, 0) is 27.4 Å². The van der Waals surface area contributed by atoms with Crippen molar-refractivity contribution >= 4 is 12.3 Å². The lowest BCUT2D eigenvalue weighted by atomic mass is 9.34. The topological polar surface area (TPSA) is 177 Å². The first-order chi connectivity index (χ1) is 29.9. The summed E-state index contributed by atoms with van der Waals surface area (Å²) in [6.07, 6.45) is 15.9. The SMILES string of the molecule is CNC1Cc2c(cccc2CO)C#CCCC23CCC4C(O)(CC5CC6C(C=CCC6C6CCCC6)CC6C(O)CCC4(C=O)C56O)C2(O)CC2CC1C1OC(=O)C=C1C23CO. The second-order valence-corrected chi connectivity index (χ2v) is 22.1. The highest BCUT2D eigenvalue weighted by atomic mass is 16.5. The molecule has 1 aliphatic heterocycles. The van der Waals surface area contributed by atoms with Crippen molar-refractivity contribution < 1.29 is 45.0 Å². The summed E-state index contributed by atoms with van der Waals surface area (Å²) >= 11 is 0. The smallest absolute Gasteiger partial charge is 0.331 e. The molecular formula is C52H67NO9. The standard InChI is InChI=1S/C52H67NO9/c1-53-42-23-37-31(11-6-13-33(37)27-54)10-4-5-17-48-19-16-44-47(28-55)18-15-43(57)40-20-32-12-7-14-36(30-8-2-3-9-30)38(32)22-35(52(40,47)61)25-50(44,59)51(48,60)26-34-21-39(42)46-41(24-45(58)62-46)49(34,48)29-56/h6-7,11-13,24,28,30,32,34-36,38-40,42-44,46,53-54,56-57,59-61H,2-3,5,8-9,14-23,25-27,29H2,1H3. The fourth-order valence-electron chi connectivity index (χ4n) is 18.5. The molecular weight excluding hydrogens is 783 g/mol. The number of hydrogen-bond donors (Lipinski definition) is 7. The van der Waals surface area contributed by atoms with Gasteiger partial charge in [0.15, 0.2) is 0 Å². The molecule has 10 aliphatic carbocycles. The molecule has 0 amide bonds. The summed E-state index contributed by atoms with van der Waals surface area (Å²) in [5, 5.41) is 80.6. The molecule has 334 valence electrons. The van der Waals surface area contributed by atoms with Gasteiger partial charge in [-0.25, -0.2) is 4.79 Å². The minimum Gasteiger partial charge on any atom is -0.454 e. The first-order valence-corrected chi connectivity index (χ1v) is 24.3. The number of likely N-dealkylation sites (N-methyl/N-ethyl adjacent to an activating group) is 1. The molecule has 11 aliphatic rings. The normalized spacial score (nSPS) is 50.0. The number of aliphatic hydroxyl groups excluding tert-OH is 3. The summed E-state index contributed by atoms with van der Waals surface area (Å²) in [4.78, 5) is 28.0. The van der Waals surface area contributed by atoms with Crippen LogP contribution in [0.25, 0.3) is 0 Å². The van der Waals surface area contributed by atoms with Gasteiger partial charge in [-0.3, -0.25) is 0 Å². The molecule has 1 spiro atoms. The van der Waals surface area contributed by atoms with Crippen LogP contribution < -0.4 is 5.32 Å². The average Bonchev–Trinajstić information content (AvgIpc) is 3.98. The average molecular weight is 850 g/mol. The molecule has 1 aromatic rings. The van der Waals surface area contributed by atoms with Crippen LogP contribution in [0.5, 0.6) is 0 Å². The van der Waals surface area contributed by atoms with Gasteiger partial charge in [0.2, 0.25) is 0 Å². The summed E-state index contributed by atoms with van der Waals surface area (Å²) in [5.41, 5.74) is -5.69. The van der Waals surface area contributed by atoms with Gasteiger partial charge >= 0.3 is 5.97 Å². The van der Waals surface area contributed by atoms with E-state index in [0.29, 0.717) is 75.2 Å². The highest BCUT2D eigenvalue weighted by molar-refractivity contribution is 5.87. The number of aldehydes is 1. The van der Waals surface area contributed by atoms with E-state index in [1.54, 1.807) is 6.08 Å². The number of carbonyl (C=O) groups is 2. The Kier molecular flexibility index (Phi) is 9.82. The second-order valence-electron chi connectivity index (χ2n) is 22.1. The molecule has 10 heteroatoms. The molecule has 1 aromatic carbocycles. The van der Waals surface area contributed by atoms with Crippen molar-refractivity contribution in [3.05, 3.63) is 58.7 Å². The molecule has 12 rings (SSSR count). The van der Waals surface area contributed by atoms with Crippen LogP contribution in [-0.4, -0.2) is 91.6 Å². The van der Waals surface area contributed by atoms with Crippen LogP contribution >= 0.6 is 0 Å². The van der Waals surface area contributed by atoms with Crippen molar-refractivity contribution in [3.63, 3.8) is 0 Å². The Hall–Kier alpha value is -2.88. The summed E-state index contributed by atoms with van der Waals surface area (Å²) in [7, 11) is 1.90. The lowest BCUT2D eigenvalue weighted by Crippen LogP contribution is -2.81. The Balaban J connectivity index is 1.10. The van der Waals surface area contributed by atoms with Crippen LogP contribution in [0.15, 0.2) is 42.0 Å². The summed E-state index contributed by atoms with van der Waals surface area (Å²) < 4.78 is 6.29. The Morgan fingerprint density at radius 3 is 2.52 bits per heavy atom. The van der Waals surface area contributed by atoms with E-state index in [9.17, 15) is 40.2 Å². The molecule has 0 radical (unpaired) electrons. The Bertz CT molecular complexity index is 2140. The van der Waals surface area contributed by atoms with Gasteiger partial charge in [-0.1, -0.05) is 61.8 Å². The van der Waals surface area contributed by atoms with E-state index >= 15 is 0 Å². The van der Waals surface area contributed by atoms with E-state index < -0.39 is 69.0 Å². The van der Waals surface area contributed by atoms with Crippen LogP contribution in [0.4, 0.5) is 0 Å². The van der Waals surface area contributed by atoms with Crippen molar-refractivity contribution in [2.45, 2.75) is 151 Å². The quantitative estimate of drug-likeness (QED) is 0.0954. The Morgan fingerprint density at radius 1 is 0.952 bits per heavy atom. The maximum Gasteiger partial charge on any atom is 0.331 e. The van der Waals surface area contributed by atoms with E-state index in [1.165, 1.54) is 25.7 Å². The number of rotatable bonds is 5. The largest absolute Gasteiger partial charge is 0.454 e. The van der Waals surface area contributed by atoms with E-state index in [4.69, 9.17) is 4.74 Å². The zero-order valence-electron chi connectivity index (χ0n) is 36.3. The number of benzene rings is 1. The summed E-state index contributed by atoms with van der Waals surface area (Å²) in [6.45, 7) is -0.488. The summed E-state index contributed by atoms with van der Waals surface area (Å²) in [6, 6.07) is 5.58. The van der Waals surface area contributed by atoms with Gasteiger partial charge in [0.05, 0.1) is 35.9 Å². The number of ether oxygens (including phenoxy) is 1. The molecule has 1 heterocycles. The third-order valence-corrected chi connectivity index (χ3v) is 20.8. The number of allylic oxidation sites excluding steroid dienone is 2. The van der Waals surface area contributed by atoms with Gasteiger partial charge in [-0.2, -0.15) is 0 Å². The van der Waals surface area contributed by atoms with E-state index in [0.717, 1.165) is 29.4 Å². The summed E-state index contributed by atoms with van der Waals surface area (Å²) in [5.74, 6) is 5.27. The zero-order chi connectivity index (χ0) is 43.0. The second kappa shape index (κ2) is 14.6. The number of fused-ring (bicyclic) bond motifs is 7. The van der Waals surface area contributed by atoms with Crippen LogP contribution in [0.3, 0.4) is 0 Å². The van der Waals surface area contributed by atoms with Crippen molar-refractivity contribution in [1.82, 2.24) is 5.32 Å². The molecule has 10 nitrogen and oxygen atoms in total. The van der Waals surface area contributed by atoms with Crippen LogP contribution in [0.2, 0.25) is 0 Å². The number of esters is 1.